The third kappa shape index (κ3) is 2.72. The molecule has 4 heteroatoms. The Hall–Kier alpha value is -1.58. The molecular weight excluding hydrogens is 204 g/mol. The van der Waals surface area contributed by atoms with E-state index in [9.17, 15) is 4.79 Å². The summed E-state index contributed by atoms with van der Waals surface area (Å²) in [7, 11) is 1.55. The molecule has 0 aliphatic carbocycles. The van der Waals surface area contributed by atoms with Crippen molar-refractivity contribution in [2.75, 3.05) is 7.11 Å². The Labute approximate surface area is 95.9 Å². The van der Waals surface area contributed by atoms with Gasteiger partial charge in [-0.15, -0.1) is 0 Å². The van der Waals surface area contributed by atoms with Crippen molar-refractivity contribution < 1.29 is 9.53 Å². The van der Waals surface area contributed by atoms with Gasteiger partial charge in [0.15, 0.2) is 11.4 Å². The van der Waals surface area contributed by atoms with Crippen molar-refractivity contribution in [1.82, 2.24) is 9.78 Å². The summed E-state index contributed by atoms with van der Waals surface area (Å²) in [6.45, 7) is 4.76. The number of ketones is 1. The van der Waals surface area contributed by atoms with Gasteiger partial charge in [-0.1, -0.05) is 19.9 Å². The molecule has 1 aromatic heterocycles. The minimum atomic E-state index is -0.0512. The molecule has 0 amide bonds. The number of carbonyl (C=O) groups is 1. The van der Waals surface area contributed by atoms with Crippen LogP contribution in [0.5, 0.6) is 5.75 Å². The maximum absolute atomic E-state index is 11.9. The monoisotopic (exact) mass is 222 g/mol. The zero-order valence-electron chi connectivity index (χ0n) is 10.1. The second-order valence-corrected chi connectivity index (χ2v) is 3.46. The molecule has 0 aliphatic rings. The zero-order chi connectivity index (χ0) is 12.0. The van der Waals surface area contributed by atoms with Crippen LogP contribution >= 0.6 is 0 Å². The van der Waals surface area contributed by atoms with Crippen molar-refractivity contribution in [3.8, 4) is 5.75 Å². The van der Waals surface area contributed by atoms with E-state index in [0.717, 1.165) is 19.4 Å². The first-order valence-electron chi connectivity index (χ1n) is 5.55. The molecule has 0 radical (unpaired) electrons. The molecule has 0 aliphatic heterocycles. The summed E-state index contributed by atoms with van der Waals surface area (Å²) < 4.78 is 6.83. The van der Waals surface area contributed by atoms with Crippen molar-refractivity contribution in [3.05, 3.63) is 24.0 Å². The number of hydrogen-bond donors (Lipinski definition) is 0. The summed E-state index contributed by atoms with van der Waals surface area (Å²) in [5.74, 6) is 0.490. The highest BCUT2D eigenvalue weighted by Gasteiger charge is 2.16. The van der Waals surface area contributed by atoms with E-state index in [2.05, 4.69) is 5.10 Å². The number of aryl methyl sites for hydroxylation is 1. The molecule has 4 nitrogen and oxygen atoms in total. The van der Waals surface area contributed by atoms with Crippen molar-refractivity contribution in [3.63, 3.8) is 0 Å². The lowest BCUT2D eigenvalue weighted by Crippen LogP contribution is -2.09. The molecular formula is C12H18N2O2. The molecule has 1 aromatic rings. The summed E-state index contributed by atoms with van der Waals surface area (Å²) in [5, 5.41) is 4.14. The maximum Gasteiger partial charge on any atom is 0.207 e. The minimum absolute atomic E-state index is 0.0512. The number of carbonyl (C=O) groups excluding carboxylic acids is 1. The molecule has 0 saturated carbocycles. The number of methoxy groups -OCH3 is 1. The molecule has 1 heterocycles. The van der Waals surface area contributed by atoms with Crippen LogP contribution in [0.15, 0.2) is 18.3 Å². The van der Waals surface area contributed by atoms with Crippen LogP contribution in [0.2, 0.25) is 0 Å². The lowest BCUT2D eigenvalue weighted by atomic mass is 10.2. The molecule has 88 valence electrons. The van der Waals surface area contributed by atoms with Gasteiger partial charge in [0.1, 0.15) is 0 Å². The molecule has 0 bridgehead atoms. The number of aromatic nitrogens is 2. The molecule has 0 fully saturated rings. The lowest BCUT2D eigenvalue weighted by Gasteiger charge is -2.04. The Morgan fingerprint density at radius 1 is 1.56 bits per heavy atom. The van der Waals surface area contributed by atoms with Gasteiger partial charge in [0, 0.05) is 6.54 Å². The molecule has 0 saturated heterocycles. The first-order valence-corrected chi connectivity index (χ1v) is 5.55. The van der Waals surface area contributed by atoms with Crippen LogP contribution in [0.4, 0.5) is 0 Å². The second-order valence-electron chi connectivity index (χ2n) is 3.46. The van der Waals surface area contributed by atoms with Crippen LogP contribution in [0, 0.1) is 0 Å². The third-order valence-corrected chi connectivity index (χ3v) is 2.20. The van der Waals surface area contributed by atoms with E-state index in [1.54, 1.807) is 24.1 Å². The number of nitrogens with zero attached hydrogens (tertiary/aromatic N) is 2. The zero-order valence-corrected chi connectivity index (χ0v) is 10.1. The van der Waals surface area contributed by atoms with Crippen LogP contribution in [0.3, 0.4) is 0 Å². The standard InChI is InChI=1S/C12H18N2O2/c1-4-6-7-10(15)12-11(16-3)9-13-14(12)8-5-2/h6-7,9H,4-5,8H2,1-3H3/b7-6+. The molecule has 0 spiro atoms. The van der Waals surface area contributed by atoms with E-state index < -0.39 is 0 Å². The number of ether oxygens (including phenoxy) is 1. The lowest BCUT2D eigenvalue weighted by molar-refractivity contribution is 0.103. The number of hydrogen-bond acceptors (Lipinski definition) is 3. The van der Waals surface area contributed by atoms with E-state index >= 15 is 0 Å². The third-order valence-electron chi connectivity index (χ3n) is 2.20. The van der Waals surface area contributed by atoms with Gasteiger partial charge in [-0.2, -0.15) is 5.10 Å². The van der Waals surface area contributed by atoms with Gasteiger partial charge >= 0.3 is 0 Å². The van der Waals surface area contributed by atoms with Gasteiger partial charge in [0.25, 0.3) is 0 Å². The Morgan fingerprint density at radius 2 is 2.31 bits per heavy atom. The molecule has 16 heavy (non-hydrogen) atoms. The van der Waals surface area contributed by atoms with Crippen LogP contribution in [-0.4, -0.2) is 22.7 Å². The molecule has 0 atom stereocenters. The second kappa shape index (κ2) is 6.10. The summed E-state index contributed by atoms with van der Waals surface area (Å²) in [6.07, 6.45) is 6.78. The summed E-state index contributed by atoms with van der Waals surface area (Å²) >= 11 is 0. The average Bonchev–Trinajstić information content (AvgIpc) is 2.69. The number of allylic oxidation sites excluding steroid dienone is 2. The highest BCUT2D eigenvalue weighted by Crippen LogP contribution is 2.18. The van der Waals surface area contributed by atoms with Gasteiger partial charge in [0.2, 0.25) is 5.78 Å². The summed E-state index contributed by atoms with van der Waals surface area (Å²) in [4.78, 5) is 11.9. The van der Waals surface area contributed by atoms with Gasteiger partial charge in [-0.3, -0.25) is 9.48 Å². The fourth-order valence-electron chi connectivity index (χ4n) is 1.45. The van der Waals surface area contributed by atoms with Crippen molar-refractivity contribution in [1.29, 1.82) is 0 Å². The summed E-state index contributed by atoms with van der Waals surface area (Å²) in [6, 6.07) is 0. The molecule has 0 aromatic carbocycles. The van der Waals surface area contributed by atoms with Gasteiger partial charge in [0.05, 0.1) is 13.3 Å². The quantitative estimate of drug-likeness (QED) is 0.548. The van der Waals surface area contributed by atoms with Crippen molar-refractivity contribution >= 4 is 5.78 Å². The predicted molar refractivity (Wildman–Crippen MR) is 62.8 cm³/mol. The van der Waals surface area contributed by atoms with Gasteiger partial charge < -0.3 is 4.74 Å². The predicted octanol–water partition coefficient (Wildman–Crippen LogP) is 2.45. The molecule has 1 rings (SSSR count). The van der Waals surface area contributed by atoms with E-state index in [4.69, 9.17) is 4.74 Å². The highest BCUT2D eigenvalue weighted by atomic mass is 16.5. The Morgan fingerprint density at radius 3 is 2.88 bits per heavy atom. The molecule has 0 unspecified atom stereocenters. The topological polar surface area (TPSA) is 44.1 Å². The fraction of sp³-hybridized carbons (Fsp3) is 0.500. The maximum atomic E-state index is 11.9. The van der Waals surface area contributed by atoms with E-state index in [0.29, 0.717) is 11.4 Å². The van der Waals surface area contributed by atoms with Crippen molar-refractivity contribution in [2.45, 2.75) is 33.2 Å². The van der Waals surface area contributed by atoms with Crippen LogP contribution in [0.1, 0.15) is 37.2 Å². The van der Waals surface area contributed by atoms with Crippen LogP contribution in [-0.2, 0) is 6.54 Å². The number of rotatable bonds is 6. The fourth-order valence-corrected chi connectivity index (χ4v) is 1.45. The summed E-state index contributed by atoms with van der Waals surface area (Å²) in [5.41, 5.74) is 0.536. The minimum Gasteiger partial charge on any atom is -0.493 e. The first-order chi connectivity index (χ1) is 7.74. The van der Waals surface area contributed by atoms with Crippen LogP contribution < -0.4 is 4.74 Å². The SMILES string of the molecule is CC/C=C/C(=O)c1c(OC)cnn1CCC. The first kappa shape index (κ1) is 12.5. The molecule has 0 N–H and O–H groups in total. The largest absolute Gasteiger partial charge is 0.493 e. The van der Waals surface area contributed by atoms with Crippen molar-refractivity contribution in [2.24, 2.45) is 0 Å². The van der Waals surface area contributed by atoms with Gasteiger partial charge in [-0.25, -0.2) is 0 Å². The Kier molecular flexibility index (Phi) is 4.76. The van der Waals surface area contributed by atoms with E-state index in [1.807, 2.05) is 19.9 Å². The highest BCUT2D eigenvalue weighted by molar-refractivity contribution is 6.05. The Bertz CT molecular complexity index is 380. The van der Waals surface area contributed by atoms with Crippen LogP contribution in [0.25, 0.3) is 0 Å². The van der Waals surface area contributed by atoms with E-state index in [1.165, 1.54) is 0 Å². The van der Waals surface area contributed by atoms with Gasteiger partial charge in [-0.05, 0) is 18.9 Å². The normalized spacial score (nSPS) is 10.9. The average molecular weight is 222 g/mol. The van der Waals surface area contributed by atoms with E-state index in [-0.39, 0.29) is 5.78 Å². The smallest absolute Gasteiger partial charge is 0.207 e. The Balaban J connectivity index is 3.02.